The quantitative estimate of drug-likeness (QED) is 0.869. The standard InChI is InChI=1S/C12H21ClN4O3S/c1-6-17(7-9(18)15-12(2,3)4)21(19,20)11-10(13)16(5)8-14-11/h8H,6-7H2,1-5H3,(H,15,18). The molecule has 0 radical (unpaired) electrons. The predicted molar refractivity (Wildman–Crippen MR) is 80.5 cm³/mol. The largest absolute Gasteiger partial charge is 0.350 e. The van der Waals surface area contributed by atoms with Crippen LogP contribution in [0.2, 0.25) is 5.15 Å². The Hall–Kier alpha value is -1.12. The Kier molecular flexibility index (Phi) is 5.40. The molecule has 0 unspecified atom stereocenters. The smallest absolute Gasteiger partial charge is 0.264 e. The van der Waals surface area contributed by atoms with E-state index >= 15 is 0 Å². The summed E-state index contributed by atoms with van der Waals surface area (Å²) >= 11 is 5.93. The summed E-state index contributed by atoms with van der Waals surface area (Å²) in [4.78, 5) is 15.7. The van der Waals surface area contributed by atoms with Gasteiger partial charge in [0.1, 0.15) is 5.15 Å². The molecule has 0 aromatic carbocycles. The van der Waals surface area contributed by atoms with Crippen LogP contribution in [-0.4, -0.2) is 46.8 Å². The van der Waals surface area contributed by atoms with Crippen molar-refractivity contribution in [1.29, 1.82) is 0 Å². The van der Waals surface area contributed by atoms with Crippen LogP contribution in [0.4, 0.5) is 0 Å². The normalized spacial score (nSPS) is 12.7. The molecule has 1 rings (SSSR count). The van der Waals surface area contributed by atoms with Gasteiger partial charge >= 0.3 is 0 Å². The second-order valence-electron chi connectivity index (χ2n) is 5.68. The summed E-state index contributed by atoms with van der Waals surface area (Å²) in [5.74, 6) is -0.375. The molecule has 0 fully saturated rings. The van der Waals surface area contributed by atoms with E-state index < -0.39 is 15.6 Å². The highest BCUT2D eigenvalue weighted by molar-refractivity contribution is 7.89. The van der Waals surface area contributed by atoms with Gasteiger partial charge in [-0.1, -0.05) is 18.5 Å². The Bertz CT molecular complexity index is 619. The van der Waals surface area contributed by atoms with Gasteiger partial charge in [-0.15, -0.1) is 0 Å². The summed E-state index contributed by atoms with van der Waals surface area (Å²) in [6, 6.07) is 0. The van der Waals surface area contributed by atoms with Crippen molar-refractivity contribution in [2.75, 3.05) is 13.1 Å². The van der Waals surface area contributed by atoms with E-state index in [0.29, 0.717) is 0 Å². The molecule has 21 heavy (non-hydrogen) atoms. The van der Waals surface area contributed by atoms with Crippen LogP contribution in [0.5, 0.6) is 0 Å². The van der Waals surface area contributed by atoms with Gasteiger partial charge < -0.3 is 9.88 Å². The molecule has 0 aliphatic carbocycles. The van der Waals surface area contributed by atoms with Crippen LogP contribution in [0.25, 0.3) is 0 Å². The van der Waals surface area contributed by atoms with Crippen molar-refractivity contribution < 1.29 is 13.2 Å². The Morgan fingerprint density at radius 2 is 2.05 bits per heavy atom. The molecule has 0 saturated heterocycles. The topological polar surface area (TPSA) is 84.3 Å². The number of carbonyl (C=O) groups is 1. The maximum atomic E-state index is 12.5. The lowest BCUT2D eigenvalue weighted by Gasteiger charge is -2.24. The lowest BCUT2D eigenvalue weighted by Crippen LogP contribution is -2.47. The van der Waals surface area contributed by atoms with Gasteiger partial charge in [-0.25, -0.2) is 13.4 Å². The number of nitrogens with zero attached hydrogens (tertiary/aromatic N) is 3. The van der Waals surface area contributed by atoms with E-state index in [1.165, 1.54) is 10.9 Å². The first-order valence-electron chi connectivity index (χ1n) is 6.47. The Morgan fingerprint density at radius 1 is 1.48 bits per heavy atom. The number of rotatable bonds is 5. The number of aromatic nitrogens is 2. The molecule has 0 aliphatic rings. The van der Waals surface area contributed by atoms with Crippen molar-refractivity contribution in [2.24, 2.45) is 7.05 Å². The van der Waals surface area contributed by atoms with Crippen molar-refractivity contribution in [1.82, 2.24) is 19.2 Å². The van der Waals surface area contributed by atoms with Gasteiger partial charge in [-0.2, -0.15) is 4.31 Å². The van der Waals surface area contributed by atoms with Crippen LogP contribution in [0.15, 0.2) is 11.4 Å². The number of hydrogen-bond donors (Lipinski definition) is 1. The van der Waals surface area contributed by atoms with E-state index in [0.717, 1.165) is 4.31 Å². The maximum absolute atomic E-state index is 12.5. The summed E-state index contributed by atoms with van der Waals surface area (Å²) in [7, 11) is -2.31. The first-order valence-corrected chi connectivity index (χ1v) is 8.29. The summed E-state index contributed by atoms with van der Waals surface area (Å²) < 4.78 is 27.4. The van der Waals surface area contributed by atoms with Crippen LogP contribution >= 0.6 is 11.6 Å². The predicted octanol–water partition coefficient (Wildman–Crippen LogP) is 0.999. The van der Waals surface area contributed by atoms with E-state index in [-0.39, 0.29) is 29.2 Å². The van der Waals surface area contributed by atoms with Crippen LogP contribution in [0.3, 0.4) is 0 Å². The molecule has 1 amide bonds. The molecule has 0 atom stereocenters. The molecule has 0 saturated carbocycles. The second-order valence-corrected chi connectivity index (χ2v) is 7.89. The molecule has 0 spiro atoms. The van der Waals surface area contributed by atoms with E-state index in [2.05, 4.69) is 10.3 Å². The van der Waals surface area contributed by atoms with Gasteiger partial charge in [0.2, 0.25) is 10.9 Å². The SMILES string of the molecule is CCN(CC(=O)NC(C)(C)C)S(=O)(=O)c1ncn(C)c1Cl. The third kappa shape index (κ3) is 4.42. The van der Waals surface area contributed by atoms with E-state index in [4.69, 9.17) is 11.6 Å². The van der Waals surface area contributed by atoms with E-state index in [1.54, 1.807) is 14.0 Å². The molecule has 9 heteroatoms. The highest BCUT2D eigenvalue weighted by Crippen LogP contribution is 2.22. The zero-order valence-electron chi connectivity index (χ0n) is 12.8. The number of imidazole rings is 1. The van der Waals surface area contributed by atoms with Gasteiger partial charge in [0.15, 0.2) is 0 Å². The molecule has 1 aromatic heterocycles. The molecule has 1 aromatic rings. The van der Waals surface area contributed by atoms with Crippen LogP contribution in [0.1, 0.15) is 27.7 Å². The number of halogens is 1. The molecular weight excluding hydrogens is 316 g/mol. The van der Waals surface area contributed by atoms with Crippen molar-refractivity contribution in [3.63, 3.8) is 0 Å². The maximum Gasteiger partial charge on any atom is 0.264 e. The van der Waals surface area contributed by atoms with Crippen LogP contribution < -0.4 is 5.32 Å². The monoisotopic (exact) mass is 336 g/mol. The Balaban J connectivity index is 2.99. The first kappa shape index (κ1) is 17.9. The Labute approximate surface area is 130 Å². The van der Waals surface area contributed by atoms with Gasteiger partial charge in [0, 0.05) is 19.1 Å². The third-order valence-corrected chi connectivity index (χ3v) is 5.02. The van der Waals surface area contributed by atoms with E-state index in [9.17, 15) is 13.2 Å². The third-order valence-electron chi connectivity index (χ3n) is 2.61. The number of carbonyl (C=O) groups excluding carboxylic acids is 1. The fourth-order valence-corrected chi connectivity index (χ4v) is 3.47. The van der Waals surface area contributed by atoms with Gasteiger partial charge in [-0.05, 0) is 20.8 Å². The van der Waals surface area contributed by atoms with Gasteiger partial charge in [0.05, 0.1) is 12.9 Å². The molecule has 0 bridgehead atoms. The van der Waals surface area contributed by atoms with Gasteiger partial charge in [-0.3, -0.25) is 4.79 Å². The van der Waals surface area contributed by atoms with Crippen molar-refractivity contribution in [2.45, 2.75) is 38.3 Å². The molecular formula is C12H21ClN4O3S. The van der Waals surface area contributed by atoms with Crippen LogP contribution in [0, 0.1) is 0 Å². The lowest BCUT2D eigenvalue weighted by molar-refractivity contribution is -0.122. The minimum Gasteiger partial charge on any atom is -0.350 e. The minimum atomic E-state index is -3.90. The number of aryl methyl sites for hydroxylation is 1. The molecule has 1 heterocycles. The average Bonchev–Trinajstić information content (AvgIpc) is 2.65. The highest BCUT2D eigenvalue weighted by atomic mass is 35.5. The van der Waals surface area contributed by atoms with E-state index in [1.807, 2.05) is 20.8 Å². The van der Waals surface area contributed by atoms with Gasteiger partial charge in [0.25, 0.3) is 10.0 Å². The Morgan fingerprint density at radius 3 is 2.43 bits per heavy atom. The first-order chi connectivity index (χ1) is 9.49. The highest BCUT2D eigenvalue weighted by Gasteiger charge is 2.31. The van der Waals surface area contributed by atoms with Crippen LogP contribution in [-0.2, 0) is 21.9 Å². The summed E-state index contributed by atoms with van der Waals surface area (Å²) in [5, 5.41) is 2.50. The minimum absolute atomic E-state index is 0.0182. The summed E-state index contributed by atoms with van der Waals surface area (Å²) in [5.41, 5.74) is -0.428. The fourth-order valence-electron chi connectivity index (χ4n) is 1.67. The zero-order chi connectivity index (χ0) is 16.4. The second kappa shape index (κ2) is 6.33. The van der Waals surface area contributed by atoms with Crippen molar-refractivity contribution in [3.05, 3.63) is 11.5 Å². The molecule has 1 N–H and O–H groups in total. The zero-order valence-corrected chi connectivity index (χ0v) is 14.4. The number of nitrogens with one attached hydrogen (secondary N) is 1. The molecule has 120 valence electrons. The number of sulfonamides is 1. The summed E-state index contributed by atoms with van der Waals surface area (Å²) in [6.07, 6.45) is 1.32. The van der Waals surface area contributed by atoms with Crippen molar-refractivity contribution in [3.8, 4) is 0 Å². The number of hydrogen-bond acceptors (Lipinski definition) is 4. The lowest BCUT2D eigenvalue weighted by atomic mass is 10.1. The summed E-state index contributed by atoms with van der Waals surface area (Å²) in [6.45, 7) is 7.00. The fraction of sp³-hybridized carbons (Fsp3) is 0.667. The van der Waals surface area contributed by atoms with Crippen molar-refractivity contribution >= 4 is 27.5 Å². The number of likely N-dealkylation sites (N-methyl/N-ethyl adjacent to an activating group) is 1. The molecule has 7 nitrogen and oxygen atoms in total. The molecule has 0 aliphatic heterocycles. The average molecular weight is 337 g/mol. The number of amides is 1.